The Bertz CT molecular complexity index is 394. The molecule has 2 atom stereocenters. The van der Waals surface area contributed by atoms with Crippen molar-refractivity contribution in [3.8, 4) is 0 Å². The summed E-state index contributed by atoms with van der Waals surface area (Å²) in [6.07, 6.45) is 1.87. The van der Waals surface area contributed by atoms with Gasteiger partial charge in [0.25, 0.3) is 0 Å². The molecule has 1 heterocycles. The Morgan fingerprint density at radius 3 is 2.89 bits per heavy atom. The number of ether oxygens (including phenoxy) is 1. The van der Waals surface area contributed by atoms with Gasteiger partial charge in [-0.05, 0) is 13.3 Å². The summed E-state index contributed by atoms with van der Waals surface area (Å²) in [6, 6.07) is 0.779. The number of alkyl halides is 1. The molecule has 1 saturated carbocycles. The zero-order valence-corrected chi connectivity index (χ0v) is 11.8. The van der Waals surface area contributed by atoms with E-state index in [0.29, 0.717) is 36.4 Å². The van der Waals surface area contributed by atoms with Gasteiger partial charge in [-0.15, -0.1) is 16.7 Å². The van der Waals surface area contributed by atoms with Gasteiger partial charge in [0.05, 0.1) is 6.10 Å². The van der Waals surface area contributed by atoms with E-state index in [1.165, 1.54) is 0 Å². The number of anilines is 1. The van der Waals surface area contributed by atoms with Gasteiger partial charge in [-0.1, -0.05) is 18.9 Å². The van der Waals surface area contributed by atoms with Gasteiger partial charge in [0, 0.05) is 30.4 Å². The number of nitrogens with one attached hydrogen (secondary N) is 1. The molecule has 1 aliphatic carbocycles. The first-order valence-electron chi connectivity index (χ1n) is 6.34. The average molecular weight is 274 g/mol. The summed E-state index contributed by atoms with van der Waals surface area (Å²) < 4.78 is 11.1. The first kappa shape index (κ1) is 13.6. The number of aryl methyl sites for hydroxylation is 1. The van der Waals surface area contributed by atoms with Crippen molar-refractivity contribution in [2.24, 2.45) is 5.41 Å². The number of aromatic nitrogens is 2. The Morgan fingerprint density at radius 2 is 2.28 bits per heavy atom. The van der Waals surface area contributed by atoms with Crippen LogP contribution < -0.4 is 5.32 Å². The molecule has 1 fully saturated rings. The molecule has 18 heavy (non-hydrogen) atoms. The van der Waals surface area contributed by atoms with E-state index in [-0.39, 0.29) is 5.41 Å². The van der Waals surface area contributed by atoms with Crippen LogP contribution in [0.15, 0.2) is 4.42 Å². The second-order valence-electron chi connectivity index (χ2n) is 5.14. The molecule has 1 N–H and O–H groups in total. The molecule has 0 radical (unpaired) electrons. The van der Waals surface area contributed by atoms with Crippen molar-refractivity contribution in [3.05, 3.63) is 5.89 Å². The zero-order valence-electron chi connectivity index (χ0n) is 11.1. The van der Waals surface area contributed by atoms with Crippen LogP contribution in [0.2, 0.25) is 0 Å². The highest BCUT2D eigenvalue weighted by molar-refractivity contribution is 6.17. The molecule has 1 aromatic rings. The lowest BCUT2D eigenvalue weighted by Gasteiger charge is -2.51. The normalized spacial score (nSPS) is 25.8. The Hall–Kier alpha value is -0.810. The van der Waals surface area contributed by atoms with Crippen LogP contribution in [-0.4, -0.2) is 34.8 Å². The molecule has 6 heteroatoms. The third-order valence-corrected chi connectivity index (χ3v) is 3.81. The van der Waals surface area contributed by atoms with Crippen LogP contribution >= 0.6 is 11.6 Å². The number of hydrogen-bond donors (Lipinski definition) is 1. The quantitative estimate of drug-likeness (QED) is 0.807. The van der Waals surface area contributed by atoms with E-state index in [0.717, 1.165) is 13.0 Å². The van der Waals surface area contributed by atoms with Gasteiger partial charge in [0.1, 0.15) is 0 Å². The molecular weight excluding hydrogens is 254 g/mol. The molecule has 2 unspecified atom stereocenters. The van der Waals surface area contributed by atoms with Gasteiger partial charge < -0.3 is 14.5 Å². The second-order valence-corrected chi connectivity index (χ2v) is 5.52. The van der Waals surface area contributed by atoms with Crippen LogP contribution in [0.25, 0.3) is 0 Å². The van der Waals surface area contributed by atoms with Gasteiger partial charge in [-0.3, -0.25) is 0 Å². The molecule has 0 amide bonds. The Morgan fingerprint density at radius 1 is 1.50 bits per heavy atom. The molecule has 0 saturated heterocycles. The third-order valence-electron chi connectivity index (χ3n) is 3.62. The van der Waals surface area contributed by atoms with E-state index in [2.05, 4.69) is 29.4 Å². The predicted molar refractivity (Wildman–Crippen MR) is 69.9 cm³/mol. The maximum atomic E-state index is 5.68. The van der Waals surface area contributed by atoms with Crippen molar-refractivity contribution < 1.29 is 9.15 Å². The summed E-state index contributed by atoms with van der Waals surface area (Å²) in [5, 5.41) is 11.2. The number of halogens is 1. The fourth-order valence-electron chi connectivity index (χ4n) is 2.26. The van der Waals surface area contributed by atoms with Crippen LogP contribution in [0.4, 0.5) is 6.01 Å². The van der Waals surface area contributed by atoms with E-state index in [1.54, 1.807) is 0 Å². The van der Waals surface area contributed by atoms with Crippen LogP contribution in [0, 0.1) is 5.41 Å². The lowest BCUT2D eigenvalue weighted by Crippen LogP contribution is -2.58. The molecule has 1 aliphatic rings. The molecule has 102 valence electrons. The molecule has 0 aliphatic heterocycles. The predicted octanol–water partition coefficient (Wildman–Crippen LogP) is 2.47. The number of nitrogens with zero attached hydrogens (tertiary/aromatic N) is 2. The van der Waals surface area contributed by atoms with Crippen LogP contribution in [0.1, 0.15) is 33.1 Å². The Kier molecular flexibility index (Phi) is 4.12. The minimum absolute atomic E-state index is 0.0805. The van der Waals surface area contributed by atoms with Crippen LogP contribution in [0.5, 0.6) is 0 Å². The van der Waals surface area contributed by atoms with E-state index in [9.17, 15) is 0 Å². The lowest BCUT2D eigenvalue weighted by molar-refractivity contribution is -0.0980. The SMILES string of the molecule is CCOC1CC(Nc2nnc(CCCl)o2)C1(C)C. The van der Waals surface area contributed by atoms with Crippen molar-refractivity contribution in [2.45, 2.75) is 45.8 Å². The first-order chi connectivity index (χ1) is 8.57. The summed E-state index contributed by atoms with van der Waals surface area (Å²) in [5.41, 5.74) is 0.0805. The van der Waals surface area contributed by atoms with Crippen molar-refractivity contribution in [1.82, 2.24) is 10.2 Å². The van der Waals surface area contributed by atoms with Gasteiger partial charge in [-0.25, -0.2) is 0 Å². The topological polar surface area (TPSA) is 60.2 Å². The molecule has 5 nitrogen and oxygen atoms in total. The summed E-state index contributed by atoms with van der Waals surface area (Å²) in [7, 11) is 0. The van der Waals surface area contributed by atoms with E-state index >= 15 is 0 Å². The van der Waals surface area contributed by atoms with Gasteiger partial charge in [0.15, 0.2) is 0 Å². The number of hydrogen-bond acceptors (Lipinski definition) is 5. The molecule has 1 aromatic heterocycles. The molecule has 0 bridgehead atoms. The van der Waals surface area contributed by atoms with Gasteiger partial charge in [-0.2, -0.15) is 0 Å². The first-order valence-corrected chi connectivity index (χ1v) is 6.87. The minimum atomic E-state index is 0.0805. The summed E-state index contributed by atoms with van der Waals surface area (Å²) in [4.78, 5) is 0. The fraction of sp³-hybridized carbons (Fsp3) is 0.833. The maximum absolute atomic E-state index is 5.68. The van der Waals surface area contributed by atoms with Crippen molar-refractivity contribution >= 4 is 17.6 Å². The molecule has 2 rings (SSSR count). The molecule has 0 aromatic carbocycles. The fourth-order valence-corrected chi connectivity index (χ4v) is 2.42. The second kappa shape index (κ2) is 5.45. The van der Waals surface area contributed by atoms with Crippen molar-refractivity contribution in [1.29, 1.82) is 0 Å². The molecular formula is C12H20ClN3O2. The van der Waals surface area contributed by atoms with Crippen molar-refractivity contribution in [2.75, 3.05) is 17.8 Å². The van der Waals surface area contributed by atoms with E-state index in [4.69, 9.17) is 20.8 Å². The van der Waals surface area contributed by atoms with Gasteiger partial charge >= 0.3 is 6.01 Å². The summed E-state index contributed by atoms with van der Waals surface area (Å²) in [6.45, 7) is 7.14. The highest BCUT2D eigenvalue weighted by atomic mass is 35.5. The largest absolute Gasteiger partial charge is 0.408 e. The highest BCUT2D eigenvalue weighted by Crippen LogP contribution is 2.44. The zero-order chi connectivity index (χ0) is 13.2. The maximum Gasteiger partial charge on any atom is 0.315 e. The standard InChI is InChI=1S/C12H20ClN3O2/c1-4-17-9-7-8(12(9,2)3)14-11-16-15-10(18-11)5-6-13/h8-9H,4-7H2,1-3H3,(H,14,16). The summed E-state index contributed by atoms with van der Waals surface area (Å²) >= 11 is 5.62. The number of rotatable bonds is 6. The lowest BCUT2D eigenvalue weighted by atomic mass is 9.64. The van der Waals surface area contributed by atoms with E-state index < -0.39 is 0 Å². The third kappa shape index (κ3) is 2.62. The smallest absolute Gasteiger partial charge is 0.315 e. The minimum Gasteiger partial charge on any atom is -0.408 e. The highest BCUT2D eigenvalue weighted by Gasteiger charge is 2.49. The Labute approximate surface area is 112 Å². The van der Waals surface area contributed by atoms with Crippen LogP contribution in [-0.2, 0) is 11.2 Å². The Balaban J connectivity index is 1.90. The van der Waals surface area contributed by atoms with E-state index in [1.807, 2.05) is 6.92 Å². The monoisotopic (exact) mass is 273 g/mol. The average Bonchev–Trinajstić information content (AvgIpc) is 2.76. The van der Waals surface area contributed by atoms with Gasteiger partial charge in [0.2, 0.25) is 5.89 Å². The summed E-state index contributed by atoms with van der Waals surface area (Å²) in [5.74, 6) is 1.06. The van der Waals surface area contributed by atoms with Crippen molar-refractivity contribution in [3.63, 3.8) is 0 Å². The molecule has 0 spiro atoms. The van der Waals surface area contributed by atoms with Crippen LogP contribution in [0.3, 0.4) is 0 Å².